The van der Waals surface area contributed by atoms with E-state index in [2.05, 4.69) is 15.1 Å². The van der Waals surface area contributed by atoms with Crippen LogP contribution in [-0.2, 0) is 16.6 Å². The number of nitrogens with zero attached hydrogens (tertiary/aromatic N) is 2. The zero-order valence-electron chi connectivity index (χ0n) is 14.9. The van der Waals surface area contributed by atoms with Crippen LogP contribution in [0.1, 0.15) is 16.8 Å². The van der Waals surface area contributed by atoms with Crippen molar-refractivity contribution in [3.63, 3.8) is 0 Å². The molecule has 0 saturated carbocycles. The van der Waals surface area contributed by atoms with Gasteiger partial charge in [-0.3, -0.25) is 14.2 Å². The lowest BCUT2D eigenvalue weighted by Crippen LogP contribution is -2.25. The molecule has 0 atom stereocenters. The Morgan fingerprint density at radius 2 is 1.82 bits per heavy atom. The summed E-state index contributed by atoms with van der Waals surface area (Å²) < 4.78 is 42.4. The fourth-order valence-electron chi connectivity index (χ4n) is 2.51. The first-order chi connectivity index (χ1) is 13.5. The molecule has 1 amide bonds. The number of sulfonamides is 1. The van der Waals surface area contributed by atoms with E-state index in [0.29, 0.717) is 25.1 Å². The topological polar surface area (TPSA) is 93.1 Å². The second kappa shape index (κ2) is 8.66. The molecule has 28 heavy (non-hydrogen) atoms. The molecule has 146 valence electrons. The summed E-state index contributed by atoms with van der Waals surface area (Å²) in [7, 11) is -3.96. The summed E-state index contributed by atoms with van der Waals surface area (Å²) in [5, 5.41) is 6.85. The van der Waals surface area contributed by atoms with Crippen LogP contribution in [0.2, 0.25) is 0 Å². The fourth-order valence-corrected chi connectivity index (χ4v) is 3.58. The van der Waals surface area contributed by atoms with Gasteiger partial charge in [0.05, 0.1) is 10.6 Å². The maximum absolute atomic E-state index is 13.7. The average molecular weight is 402 g/mol. The Morgan fingerprint density at radius 1 is 1.07 bits per heavy atom. The molecule has 0 aliphatic carbocycles. The highest BCUT2D eigenvalue weighted by Crippen LogP contribution is 2.19. The van der Waals surface area contributed by atoms with Crippen LogP contribution in [0.5, 0.6) is 0 Å². The van der Waals surface area contributed by atoms with Crippen LogP contribution >= 0.6 is 0 Å². The first-order valence-corrected chi connectivity index (χ1v) is 10.1. The van der Waals surface area contributed by atoms with E-state index >= 15 is 0 Å². The lowest BCUT2D eigenvalue weighted by molar-refractivity contribution is 0.0952. The molecule has 9 heteroatoms. The quantitative estimate of drug-likeness (QED) is 0.567. The zero-order valence-corrected chi connectivity index (χ0v) is 15.7. The maximum Gasteiger partial charge on any atom is 0.261 e. The number of anilines is 1. The van der Waals surface area contributed by atoms with Gasteiger partial charge in [0.25, 0.3) is 15.9 Å². The monoisotopic (exact) mass is 402 g/mol. The number of para-hydroxylation sites is 1. The molecule has 0 aliphatic heterocycles. The van der Waals surface area contributed by atoms with Crippen molar-refractivity contribution < 1.29 is 17.6 Å². The van der Waals surface area contributed by atoms with Gasteiger partial charge in [-0.05, 0) is 48.9 Å². The normalized spacial score (nSPS) is 11.2. The molecule has 0 radical (unpaired) electrons. The van der Waals surface area contributed by atoms with Crippen molar-refractivity contribution in [1.29, 1.82) is 0 Å². The molecule has 0 bridgehead atoms. The van der Waals surface area contributed by atoms with Gasteiger partial charge in [0.1, 0.15) is 5.82 Å². The summed E-state index contributed by atoms with van der Waals surface area (Å²) in [4.78, 5) is 12.1. The van der Waals surface area contributed by atoms with Crippen LogP contribution in [0, 0.1) is 5.82 Å². The van der Waals surface area contributed by atoms with Crippen molar-refractivity contribution in [3.8, 4) is 0 Å². The minimum Gasteiger partial charge on any atom is -0.352 e. The molecule has 0 aliphatic rings. The van der Waals surface area contributed by atoms with Crippen molar-refractivity contribution in [1.82, 2.24) is 15.1 Å². The van der Waals surface area contributed by atoms with E-state index in [-0.39, 0.29) is 16.5 Å². The Kier molecular flexibility index (Phi) is 6.05. The van der Waals surface area contributed by atoms with Crippen LogP contribution < -0.4 is 10.0 Å². The fraction of sp³-hybridized carbons (Fsp3) is 0.158. The van der Waals surface area contributed by atoms with Crippen molar-refractivity contribution >= 4 is 21.6 Å². The number of hydrogen-bond acceptors (Lipinski definition) is 4. The number of rotatable bonds is 8. The Bertz CT molecular complexity index is 1040. The van der Waals surface area contributed by atoms with Crippen LogP contribution in [0.25, 0.3) is 0 Å². The summed E-state index contributed by atoms with van der Waals surface area (Å²) >= 11 is 0. The second-order valence-electron chi connectivity index (χ2n) is 5.99. The van der Waals surface area contributed by atoms with Gasteiger partial charge >= 0.3 is 0 Å². The second-order valence-corrected chi connectivity index (χ2v) is 7.67. The van der Waals surface area contributed by atoms with Crippen molar-refractivity contribution in [3.05, 3.63) is 78.4 Å². The van der Waals surface area contributed by atoms with Gasteiger partial charge in [-0.2, -0.15) is 5.10 Å². The number of halogens is 1. The third kappa shape index (κ3) is 4.95. The smallest absolute Gasteiger partial charge is 0.261 e. The van der Waals surface area contributed by atoms with Gasteiger partial charge in [0.2, 0.25) is 0 Å². The van der Waals surface area contributed by atoms with Gasteiger partial charge in [0.15, 0.2) is 0 Å². The summed E-state index contributed by atoms with van der Waals surface area (Å²) in [6.07, 6.45) is 4.25. The van der Waals surface area contributed by atoms with Gasteiger partial charge in [0, 0.05) is 31.0 Å². The molecule has 3 aromatic rings. The molecule has 0 saturated heterocycles. The van der Waals surface area contributed by atoms with Crippen molar-refractivity contribution in [2.45, 2.75) is 17.9 Å². The van der Waals surface area contributed by atoms with Crippen molar-refractivity contribution in [2.24, 2.45) is 0 Å². The van der Waals surface area contributed by atoms with E-state index in [4.69, 9.17) is 0 Å². The lowest BCUT2D eigenvalue weighted by atomic mass is 10.2. The van der Waals surface area contributed by atoms with E-state index in [1.165, 1.54) is 42.5 Å². The maximum atomic E-state index is 13.7. The largest absolute Gasteiger partial charge is 0.352 e. The predicted molar refractivity (Wildman–Crippen MR) is 103 cm³/mol. The molecule has 0 unspecified atom stereocenters. The number of aryl methyl sites for hydroxylation is 1. The number of carbonyl (C=O) groups is 1. The summed E-state index contributed by atoms with van der Waals surface area (Å²) in [6, 6.07) is 12.8. The van der Waals surface area contributed by atoms with E-state index in [1.54, 1.807) is 10.9 Å². The number of nitrogens with one attached hydrogen (secondary N) is 2. The Labute approximate surface area is 162 Å². The first kappa shape index (κ1) is 19.6. The highest BCUT2D eigenvalue weighted by molar-refractivity contribution is 7.92. The lowest BCUT2D eigenvalue weighted by Gasteiger charge is -2.10. The van der Waals surface area contributed by atoms with Crippen LogP contribution in [0.4, 0.5) is 10.1 Å². The Hall–Kier alpha value is -3.20. The number of benzene rings is 2. The molecule has 2 aromatic carbocycles. The average Bonchev–Trinajstić information content (AvgIpc) is 3.20. The number of hydrogen-bond donors (Lipinski definition) is 2. The summed E-state index contributed by atoms with van der Waals surface area (Å²) in [6.45, 7) is 1.15. The van der Waals surface area contributed by atoms with E-state index in [0.717, 1.165) is 6.07 Å². The van der Waals surface area contributed by atoms with E-state index in [9.17, 15) is 17.6 Å². The molecule has 0 fully saturated rings. The summed E-state index contributed by atoms with van der Waals surface area (Å²) in [5.74, 6) is -0.969. The third-order valence-corrected chi connectivity index (χ3v) is 5.34. The minimum absolute atomic E-state index is 0.0639. The number of aromatic nitrogens is 2. The van der Waals surface area contributed by atoms with Gasteiger partial charge in [-0.1, -0.05) is 12.1 Å². The highest BCUT2D eigenvalue weighted by Gasteiger charge is 2.16. The third-order valence-electron chi connectivity index (χ3n) is 3.95. The SMILES string of the molecule is O=C(NCCCn1cccn1)c1ccc(S(=O)(=O)Nc2ccccc2F)cc1. The Morgan fingerprint density at radius 3 is 2.50 bits per heavy atom. The Balaban J connectivity index is 1.57. The molecule has 1 heterocycles. The van der Waals surface area contributed by atoms with Gasteiger partial charge < -0.3 is 5.32 Å². The van der Waals surface area contributed by atoms with Crippen molar-refractivity contribution in [2.75, 3.05) is 11.3 Å². The van der Waals surface area contributed by atoms with Crippen LogP contribution in [0.15, 0.2) is 71.9 Å². The minimum atomic E-state index is -3.96. The van der Waals surface area contributed by atoms with Crippen LogP contribution in [-0.4, -0.2) is 30.7 Å². The molecular formula is C19H19FN4O3S. The standard InChI is InChI=1S/C19H19FN4O3S/c20-17-5-1-2-6-18(17)23-28(26,27)16-9-7-15(8-10-16)19(25)21-11-3-13-24-14-4-12-22-24/h1-2,4-10,12,14,23H,3,11,13H2,(H,21,25). The van der Waals surface area contributed by atoms with Crippen LogP contribution in [0.3, 0.4) is 0 Å². The molecule has 1 aromatic heterocycles. The summed E-state index contributed by atoms with van der Waals surface area (Å²) in [5.41, 5.74) is 0.199. The zero-order chi connectivity index (χ0) is 20.0. The first-order valence-electron chi connectivity index (χ1n) is 8.59. The number of carbonyl (C=O) groups excluding carboxylic acids is 1. The molecule has 0 spiro atoms. The highest BCUT2D eigenvalue weighted by atomic mass is 32.2. The molecule has 3 rings (SSSR count). The van der Waals surface area contributed by atoms with E-state index in [1.807, 2.05) is 12.3 Å². The molecule has 2 N–H and O–H groups in total. The molecule has 7 nitrogen and oxygen atoms in total. The number of amides is 1. The van der Waals surface area contributed by atoms with Gasteiger partial charge in [-0.15, -0.1) is 0 Å². The van der Waals surface area contributed by atoms with E-state index < -0.39 is 15.8 Å². The predicted octanol–water partition coefficient (Wildman–Crippen LogP) is 2.64. The van der Waals surface area contributed by atoms with Gasteiger partial charge in [-0.25, -0.2) is 12.8 Å². The molecular weight excluding hydrogens is 383 g/mol.